The van der Waals surface area contributed by atoms with Crippen LogP contribution in [0.1, 0.15) is 68.6 Å². The van der Waals surface area contributed by atoms with Gasteiger partial charge < -0.3 is 4.74 Å². The van der Waals surface area contributed by atoms with Crippen molar-refractivity contribution in [3.8, 4) is 5.75 Å². The molecule has 0 amide bonds. The zero-order valence-electron chi connectivity index (χ0n) is 16.2. The van der Waals surface area contributed by atoms with Gasteiger partial charge in [0.2, 0.25) is 0 Å². The van der Waals surface area contributed by atoms with Crippen LogP contribution in [0.3, 0.4) is 0 Å². The normalized spacial score (nSPS) is 12.2. The molecule has 0 heterocycles. The van der Waals surface area contributed by atoms with E-state index in [-0.39, 0.29) is 16.8 Å². The highest BCUT2D eigenvalue weighted by Gasteiger charge is 2.24. The number of carbonyl (C=O) groups is 1. The van der Waals surface area contributed by atoms with Crippen LogP contribution in [0, 0.1) is 10.5 Å². The first kappa shape index (κ1) is 20.0. The lowest BCUT2D eigenvalue weighted by molar-refractivity contribution is 0.0731. The highest BCUT2D eigenvalue weighted by Crippen LogP contribution is 2.35. The smallest absolute Gasteiger partial charge is 0.343 e. The minimum absolute atomic E-state index is 0.0512. The van der Waals surface area contributed by atoms with E-state index in [0.29, 0.717) is 11.3 Å². The maximum atomic E-state index is 12.6. The standard InChI is InChI=1S/C22H27IO2/c1-14-8-9-15(12-18(14)23)20(24)25-19-11-10-16(21(2,3)4)13-17(19)22(5,6)7/h8-13H,1-7H3. The summed E-state index contributed by atoms with van der Waals surface area (Å²) < 4.78 is 6.84. The maximum absolute atomic E-state index is 12.6. The quantitative estimate of drug-likeness (QED) is 0.300. The average Bonchev–Trinajstić information content (AvgIpc) is 2.48. The van der Waals surface area contributed by atoms with Gasteiger partial charge in [0.15, 0.2) is 0 Å². The van der Waals surface area contributed by atoms with E-state index in [2.05, 4.69) is 76.3 Å². The van der Waals surface area contributed by atoms with E-state index in [4.69, 9.17) is 4.74 Å². The predicted molar refractivity (Wildman–Crippen MR) is 113 cm³/mol. The summed E-state index contributed by atoms with van der Waals surface area (Å²) in [5.74, 6) is 0.327. The maximum Gasteiger partial charge on any atom is 0.343 e. The summed E-state index contributed by atoms with van der Waals surface area (Å²) >= 11 is 2.24. The summed E-state index contributed by atoms with van der Waals surface area (Å²) in [7, 11) is 0. The van der Waals surface area contributed by atoms with E-state index in [1.54, 1.807) is 0 Å². The Morgan fingerprint density at radius 3 is 2.08 bits per heavy atom. The third-order valence-electron chi connectivity index (χ3n) is 4.26. The fourth-order valence-electron chi connectivity index (χ4n) is 2.55. The zero-order valence-corrected chi connectivity index (χ0v) is 18.3. The van der Waals surface area contributed by atoms with Crippen molar-refractivity contribution in [2.24, 2.45) is 0 Å². The number of hydrogen-bond donors (Lipinski definition) is 0. The van der Waals surface area contributed by atoms with Crippen molar-refractivity contribution in [1.82, 2.24) is 0 Å². The van der Waals surface area contributed by atoms with E-state index in [9.17, 15) is 4.79 Å². The molecule has 0 saturated heterocycles. The number of aryl methyl sites for hydroxylation is 1. The third kappa shape index (κ3) is 4.84. The summed E-state index contributed by atoms with van der Waals surface area (Å²) in [6.45, 7) is 15.0. The Balaban J connectivity index is 2.41. The molecule has 0 N–H and O–H groups in total. The van der Waals surface area contributed by atoms with Crippen LogP contribution in [0.15, 0.2) is 36.4 Å². The number of halogens is 1. The van der Waals surface area contributed by atoms with Crippen LogP contribution in [0.2, 0.25) is 0 Å². The van der Waals surface area contributed by atoms with Crippen LogP contribution in [0.5, 0.6) is 5.75 Å². The average molecular weight is 450 g/mol. The Bertz CT molecular complexity index is 793. The lowest BCUT2D eigenvalue weighted by atomic mass is 9.80. The van der Waals surface area contributed by atoms with Crippen molar-refractivity contribution in [2.45, 2.75) is 59.3 Å². The lowest BCUT2D eigenvalue weighted by Crippen LogP contribution is -2.19. The molecule has 2 aromatic rings. The summed E-state index contributed by atoms with van der Waals surface area (Å²) in [6, 6.07) is 11.8. The molecular formula is C22H27IO2. The van der Waals surface area contributed by atoms with Crippen molar-refractivity contribution in [2.75, 3.05) is 0 Å². The summed E-state index contributed by atoms with van der Waals surface area (Å²) in [6.07, 6.45) is 0. The van der Waals surface area contributed by atoms with Gasteiger partial charge >= 0.3 is 5.97 Å². The molecule has 0 aliphatic rings. The Morgan fingerprint density at radius 2 is 1.56 bits per heavy atom. The van der Waals surface area contributed by atoms with E-state index in [1.807, 2.05) is 31.2 Å². The van der Waals surface area contributed by atoms with Crippen LogP contribution in [-0.4, -0.2) is 5.97 Å². The molecule has 2 rings (SSSR count). The lowest BCUT2D eigenvalue weighted by Gasteiger charge is -2.26. The van der Waals surface area contributed by atoms with Crippen LogP contribution >= 0.6 is 22.6 Å². The molecule has 3 heteroatoms. The fraction of sp³-hybridized carbons (Fsp3) is 0.409. The molecule has 0 radical (unpaired) electrons. The number of benzene rings is 2. The topological polar surface area (TPSA) is 26.3 Å². The molecule has 0 aliphatic carbocycles. The minimum atomic E-state index is -0.313. The van der Waals surface area contributed by atoms with Crippen LogP contribution in [0.4, 0.5) is 0 Å². The van der Waals surface area contributed by atoms with Gasteiger partial charge in [0, 0.05) is 9.13 Å². The summed E-state index contributed by atoms with van der Waals surface area (Å²) in [4.78, 5) is 12.6. The van der Waals surface area contributed by atoms with Gasteiger partial charge in [0.25, 0.3) is 0 Å². The molecule has 0 unspecified atom stereocenters. The van der Waals surface area contributed by atoms with Gasteiger partial charge in [-0.25, -0.2) is 4.79 Å². The van der Waals surface area contributed by atoms with Gasteiger partial charge in [-0.3, -0.25) is 0 Å². The molecule has 0 atom stereocenters. The Labute approximate surface area is 165 Å². The SMILES string of the molecule is Cc1ccc(C(=O)Oc2ccc(C(C)(C)C)cc2C(C)(C)C)cc1I. The van der Waals surface area contributed by atoms with Gasteiger partial charge in [-0.05, 0) is 69.7 Å². The largest absolute Gasteiger partial charge is 0.423 e. The molecule has 0 bridgehead atoms. The molecular weight excluding hydrogens is 423 g/mol. The minimum Gasteiger partial charge on any atom is -0.423 e. The number of rotatable bonds is 2. The van der Waals surface area contributed by atoms with Crippen LogP contribution < -0.4 is 4.74 Å². The molecule has 0 saturated carbocycles. The van der Waals surface area contributed by atoms with E-state index in [1.165, 1.54) is 5.56 Å². The molecule has 2 nitrogen and oxygen atoms in total. The second-order valence-electron chi connectivity index (χ2n) is 8.56. The fourth-order valence-corrected chi connectivity index (χ4v) is 3.07. The molecule has 134 valence electrons. The highest BCUT2D eigenvalue weighted by atomic mass is 127. The van der Waals surface area contributed by atoms with Crippen molar-refractivity contribution < 1.29 is 9.53 Å². The second kappa shape index (κ2) is 7.10. The van der Waals surface area contributed by atoms with E-state index in [0.717, 1.165) is 14.7 Å². The number of ether oxygens (including phenoxy) is 1. The number of esters is 1. The Morgan fingerprint density at radius 1 is 0.920 bits per heavy atom. The van der Waals surface area contributed by atoms with Crippen molar-refractivity contribution in [1.29, 1.82) is 0 Å². The molecule has 25 heavy (non-hydrogen) atoms. The van der Waals surface area contributed by atoms with Gasteiger partial charge in [0.1, 0.15) is 5.75 Å². The number of hydrogen-bond acceptors (Lipinski definition) is 2. The van der Waals surface area contributed by atoms with Gasteiger partial charge in [-0.2, -0.15) is 0 Å². The van der Waals surface area contributed by atoms with Gasteiger partial charge in [-0.15, -0.1) is 0 Å². The first-order valence-corrected chi connectivity index (χ1v) is 9.61. The van der Waals surface area contributed by atoms with Crippen molar-refractivity contribution >= 4 is 28.6 Å². The van der Waals surface area contributed by atoms with E-state index < -0.39 is 0 Å². The summed E-state index contributed by atoms with van der Waals surface area (Å²) in [5.41, 5.74) is 3.96. The van der Waals surface area contributed by atoms with E-state index >= 15 is 0 Å². The van der Waals surface area contributed by atoms with Gasteiger partial charge in [0.05, 0.1) is 5.56 Å². The Kier molecular flexibility index (Phi) is 5.67. The second-order valence-corrected chi connectivity index (χ2v) is 9.73. The van der Waals surface area contributed by atoms with Gasteiger partial charge in [-0.1, -0.05) is 59.7 Å². The first-order valence-electron chi connectivity index (χ1n) is 8.53. The first-order chi connectivity index (χ1) is 11.4. The summed E-state index contributed by atoms with van der Waals surface area (Å²) in [5, 5.41) is 0. The highest BCUT2D eigenvalue weighted by molar-refractivity contribution is 14.1. The Hall–Kier alpha value is -1.36. The molecule has 0 aromatic heterocycles. The molecule has 0 spiro atoms. The predicted octanol–water partition coefficient (Wildman–Crippen LogP) is 6.41. The molecule has 0 aliphatic heterocycles. The monoisotopic (exact) mass is 450 g/mol. The number of carbonyl (C=O) groups excluding carboxylic acids is 1. The van der Waals surface area contributed by atoms with Crippen molar-refractivity contribution in [3.05, 3.63) is 62.2 Å². The third-order valence-corrected chi connectivity index (χ3v) is 5.43. The zero-order chi connectivity index (χ0) is 19.0. The van der Waals surface area contributed by atoms with Crippen LogP contribution in [0.25, 0.3) is 0 Å². The van der Waals surface area contributed by atoms with Crippen molar-refractivity contribution in [3.63, 3.8) is 0 Å². The molecule has 0 fully saturated rings. The molecule has 2 aromatic carbocycles. The van der Waals surface area contributed by atoms with Crippen LogP contribution in [-0.2, 0) is 10.8 Å².